The number of aryl methyl sites for hydroxylation is 1. The second-order valence-corrected chi connectivity index (χ2v) is 7.85. The Labute approximate surface area is 122 Å². The minimum atomic E-state index is -0.622. The molecule has 1 aliphatic rings. The lowest BCUT2D eigenvalue weighted by Crippen LogP contribution is -2.37. The van der Waals surface area contributed by atoms with Crippen molar-refractivity contribution in [3.63, 3.8) is 0 Å². The van der Waals surface area contributed by atoms with Gasteiger partial charge < -0.3 is 10.2 Å². The van der Waals surface area contributed by atoms with Crippen LogP contribution in [-0.4, -0.2) is 39.8 Å². The number of hydrogen-bond donors (Lipinski definition) is 1. The standard InChI is InChI=1S/C13H23N3OS2/c1-4-11-12(9-14-10(2)3)18-13(15-11)16-5-7-19(17)8-6-16/h10,14H,4-9H2,1-3H3. The van der Waals surface area contributed by atoms with Crippen LogP contribution in [0.15, 0.2) is 0 Å². The Morgan fingerprint density at radius 1 is 1.42 bits per heavy atom. The zero-order valence-corrected chi connectivity index (χ0v) is 13.6. The van der Waals surface area contributed by atoms with Gasteiger partial charge in [-0.2, -0.15) is 0 Å². The molecule has 2 heterocycles. The molecule has 1 saturated heterocycles. The van der Waals surface area contributed by atoms with Crippen molar-refractivity contribution in [1.29, 1.82) is 0 Å². The van der Waals surface area contributed by atoms with Gasteiger partial charge in [0, 0.05) is 52.9 Å². The van der Waals surface area contributed by atoms with Crippen molar-refractivity contribution in [3.05, 3.63) is 10.6 Å². The average molecular weight is 301 g/mol. The van der Waals surface area contributed by atoms with Crippen molar-refractivity contribution in [2.24, 2.45) is 0 Å². The Morgan fingerprint density at radius 3 is 2.68 bits per heavy atom. The molecule has 0 spiro atoms. The van der Waals surface area contributed by atoms with Crippen molar-refractivity contribution in [1.82, 2.24) is 10.3 Å². The lowest BCUT2D eigenvalue weighted by atomic mass is 10.3. The first kappa shape index (κ1) is 14.9. The Bertz CT molecular complexity index is 435. The highest BCUT2D eigenvalue weighted by Gasteiger charge is 2.20. The average Bonchev–Trinajstić information content (AvgIpc) is 2.80. The molecule has 108 valence electrons. The minimum absolute atomic E-state index is 0.493. The zero-order chi connectivity index (χ0) is 13.8. The Kier molecular flexibility index (Phi) is 5.36. The maximum absolute atomic E-state index is 11.4. The van der Waals surface area contributed by atoms with Crippen LogP contribution in [0, 0.1) is 0 Å². The summed E-state index contributed by atoms with van der Waals surface area (Å²) < 4.78 is 11.4. The maximum atomic E-state index is 11.4. The van der Waals surface area contributed by atoms with Crippen LogP contribution in [0.3, 0.4) is 0 Å². The fourth-order valence-electron chi connectivity index (χ4n) is 2.05. The van der Waals surface area contributed by atoms with E-state index in [1.165, 1.54) is 10.6 Å². The van der Waals surface area contributed by atoms with E-state index in [1.807, 2.05) is 0 Å². The molecule has 2 rings (SSSR count). The largest absolute Gasteiger partial charge is 0.346 e. The van der Waals surface area contributed by atoms with Crippen LogP contribution >= 0.6 is 11.3 Å². The van der Waals surface area contributed by atoms with Gasteiger partial charge in [-0.05, 0) is 6.42 Å². The monoisotopic (exact) mass is 301 g/mol. The van der Waals surface area contributed by atoms with Gasteiger partial charge in [0.2, 0.25) is 0 Å². The molecule has 4 nitrogen and oxygen atoms in total. The fraction of sp³-hybridized carbons (Fsp3) is 0.769. The molecule has 0 saturated carbocycles. The van der Waals surface area contributed by atoms with E-state index in [4.69, 9.17) is 4.98 Å². The van der Waals surface area contributed by atoms with E-state index < -0.39 is 10.8 Å². The van der Waals surface area contributed by atoms with Gasteiger partial charge in [-0.15, -0.1) is 11.3 Å². The molecule has 0 aliphatic carbocycles. The summed E-state index contributed by atoms with van der Waals surface area (Å²) in [5.41, 5.74) is 1.21. The topological polar surface area (TPSA) is 45.2 Å². The number of thiazole rings is 1. The van der Waals surface area contributed by atoms with Gasteiger partial charge in [-0.25, -0.2) is 4.98 Å². The molecular weight excluding hydrogens is 278 g/mol. The van der Waals surface area contributed by atoms with E-state index in [0.29, 0.717) is 6.04 Å². The first-order chi connectivity index (χ1) is 9.10. The molecular formula is C13H23N3OS2. The maximum Gasteiger partial charge on any atom is 0.185 e. The number of anilines is 1. The van der Waals surface area contributed by atoms with Crippen molar-refractivity contribution in [3.8, 4) is 0 Å². The number of aromatic nitrogens is 1. The SMILES string of the molecule is CCc1nc(N2CCS(=O)CC2)sc1CNC(C)C. The Hall–Kier alpha value is -0.460. The van der Waals surface area contributed by atoms with Crippen LogP contribution in [0.5, 0.6) is 0 Å². The van der Waals surface area contributed by atoms with Crippen LogP contribution in [0.2, 0.25) is 0 Å². The Morgan fingerprint density at radius 2 is 2.11 bits per heavy atom. The van der Waals surface area contributed by atoms with Crippen LogP contribution < -0.4 is 10.2 Å². The number of hydrogen-bond acceptors (Lipinski definition) is 5. The third-order valence-electron chi connectivity index (χ3n) is 3.22. The molecule has 1 aromatic rings. The lowest BCUT2D eigenvalue weighted by molar-refractivity contribution is 0.590. The second-order valence-electron chi connectivity index (χ2n) is 5.09. The Balaban J connectivity index is 2.07. The van der Waals surface area contributed by atoms with E-state index in [9.17, 15) is 4.21 Å². The number of nitrogens with zero attached hydrogens (tertiary/aromatic N) is 2. The van der Waals surface area contributed by atoms with Crippen molar-refractivity contribution in [2.75, 3.05) is 29.5 Å². The summed E-state index contributed by atoms with van der Waals surface area (Å²) in [6, 6.07) is 0.493. The van der Waals surface area contributed by atoms with Crippen LogP contribution in [-0.2, 0) is 23.8 Å². The van der Waals surface area contributed by atoms with E-state index in [1.54, 1.807) is 11.3 Å². The number of rotatable bonds is 5. The third-order valence-corrected chi connectivity index (χ3v) is 5.66. The molecule has 0 atom stereocenters. The van der Waals surface area contributed by atoms with Gasteiger partial charge in [0.25, 0.3) is 0 Å². The first-order valence-electron chi connectivity index (χ1n) is 6.92. The smallest absolute Gasteiger partial charge is 0.185 e. The molecule has 1 N–H and O–H groups in total. The quantitative estimate of drug-likeness (QED) is 0.900. The van der Waals surface area contributed by atoms with Gasteiger partial charge in [0.05, 0.1) is 5.69 Å². The normalized spacial score (nSPS) is 17.4. The van der Waals surface area contributed by atoms with E-state index in [0.717, 1.165) is 42.7 Å². The summed E-state index contributed by atoms with van der Waals surface area (Å²) in [6.45, 7) is 9.13. The van der Waals surface area contributed by atoms with E-state index in [-0.39, 0.29) is 0 Å². The molecule has 0 amide bonds. The van der Waals surface area contributed by atoms with Crippen molar-refractivity contribution in [2.45, 2.75) is 39.8 Å². The number of nitrogens with one attached hydrogen (secondary N) is 1. The van der Waals surface area contributed by atoms with Gasteiger partial charge in [0.15, 0.2) is 5.13 Å². The van der Waals surface area contributed by atoms with Gasteiger partial charge in [-0.3, -0.25) is 4.21 Å². The second kappa shape index (κ2) is 6.81. The van der Waals surface area contributed by atoms with Gasteiger partial charge in [-0.1, -0.05) is 20.8 Å². The highest BCUT2D eigenvalue weighted by molar-refractivity contribution is 7.85. The van der Waals surface area contributed by atoms with Crippen LogP contribution in [0.4, 0.5) is 5.13 Å². The zero-order valence-electron chi connectivity index (χ0n) is 11.9. The van der Waals surface area contributed by atoms with E-state index in [2.05, 4.69) is 31.0 Å². The van der Waals surface area contributed by atoms with E-state index >= 15 is 0 Å². The van der Waals surface area contributed by atoms with Crippen LogP contribution in [0.1, 0.15) is 31.3 Å². The third kappa shape index (κ3) is 4.00. The highest BCUT2D eigenvalue weighted by atomic mass is 32.2. The molecule has 6 heteroatoms. The van der Waals surface area contributed by atoms with Crippen molar-refractivity contribution >= 4 is 27.3 Å². The first-order valence-corrected chi connectivity index (χ1v) is 9.22. The molecule has 1 aliphatic heterocycles. The molecule has 19 heavy (non-hydrogen) atoms. The summed E-state index contributed by atoms with van der Waals surface area (Å²) in [6.07, 6.45) is 0.978. The summed E-state index contributed by atoms with van der Waals surface area (Å²) in [7, 11) is -0.622. The summed E-state index contributed by atoms with van der Waals surface area (Å²) in [5, 5.41) is 4.57. The molecule has 1 aromatic heterocycles. The minimum Gasteiger partial charge on any atom is -0.346 e. The van der Waals surface area contributed by atoms with Gasteiger partial charge >= 0.3 is 0 Å². The lowest BCUT2D eigenvalue weighted by Gasteiger charge is -2.25. The summed E-state index contributed by atoms with van der Waals surface area (Å²) in [5.74, 6) is 1.56. The molecule has 0 radical (unpaired) electrons. The van der Waals surface area contributed by atoms with Crippen molar-refractivity contribution < 1.29 is 4.21 Å². The molecule has 0 aromatic carbocycles. The molecule has 0 bridgehead atoms. The molecule has 1 fully saturated rings. The van der Waals surface area contributed by atoms with Gasteiger partial charge in [0.1, 0.15) is 0 Å². The summed E-state index contributed by atoms with van der Waals surface area (Å²) >= 11 is 1.79. The highest BCUT2D eigenvalue weighted by Crippen LogP contribution is 2.27. The predicted molar refractivity (Wildman–Crippen MR) is 83.6 cm³/mol. The fourth-order valence-corrected chi connectivity index (χ4v) is 4.25. The summed E-state index contributed by atoms with van der Waals surface area (Å²) in [4.78, 5) is 8.39. The van der Waals surface area contributed by atoms with Crippen LogP contribution in [0.25, 0.3) is 0 Å². The predicted octanol–water partition coefficient (Wildman–Crippen LogP) is 1.77. The molecule has 0 unspecified atom stereocenters.